The molecule has 3 N–H and O–H groups in total. The molecule has 1 saturated heterocycles. The number of carboxylic acid groups (broad SMARTS) is 1. The van der Waals surface area contributed by atoms with Crippen molar-refractivity contribution in [3.63, 3.8) is 0 Å². The molecule has 0 spiro atoms. The van der Waals surface area contributed by atoms with E-state index in [0.29, 0.717) is 18.7 Å². The summed E-state index contributed by atoms with van der Waals surface area (Å²) in [4.78, 5) is 23.8. The fraction of sp³-hybridized carbons (Fsp3) is 0.333. The lowest BCUT2D eigenvalue weighted by molar-refractivity contribution is -0.140. The van der Waals surface area contributed by atoms with E-state index in [1.165, 1.54) is 6.07 Å². The Morgan fingerprint density at radius 3 is 2.72 bits per heavy atom. The molecule has 0 saturated carbocycles. The molecule has 6 heteroatoms. The number of halogens is 1. The summed E-state index contributed by atoms with van der Waals surface area (Å²) in [5.41, 5.74) is 5.35. The maximum Gasteiger partial charge on any atom is 0.308 e. The first kappa shape index (κ1) is 12.3. The molecule has 0 aliphatic carbocycles. The van der Waals surface area contributed by atoms with Crippen LogP contribution in [-0.2, 0) is 4.79 Å². The van der Waals surface area contributed by atoms with Crippen LogP contribution in [0.4, 0.5) is 10.1 Å². The number of primary amides is 1. The number of hydrogen-bond acceptors (Lipinski definition) is 3. The molecule has 1 aromatic rings. The quantitative estimate of drug-likeness (QED) is 0.834. The first-order valence-corrected chi connectivity index (χ1v) is 5.56. The Morgan fingerprint density at radius 1 is 1.44 bits per heavy atom. The minimum Gasteiger partial charge on any atom is -0.481 e. The fourth-order valence-electron chi connectivity index (χ4n) is 2.20. The first-order valence-electron chi connectivity index (χ1n) is 5.56. The Morgan fingerprint density at radius 2 is 2.17 bits per heavy atom. The van der Waals surface area contributed by atoms with Gasteiger partial charge in [0.05, 0.1) is 17.2 Å². The molecule has 5 nitrogen and oxygen atoms in total. The lowest BCUT2D eigenvalue weighted by atomic mass is 10.1. The van der Waals surface area contributed by atoms with Crippen LogP contribution in [0, 0.1) is 11.7 Å². The molecule has 1 atom stereocenters. The van der Waals surface area contributed by atoms with E-state index in [-0.39, 0.29) is 12.1 Å². The molecule has 18 heavy (non-hydrogen) atoms. The number of carboxylic acids is 1. The van der Waals surface area contributed by atoms with E-state index in [4.69, 9.17) is 10.8 Å². The molecule has 2 rings (SSSR count). The Bertz CT molecular complexity index is 504. The van der Waals surface area contributed by atoms with E-state index >= 15 is 0 Å². The average Bonchev–Trinajstić information content (AvgIpc) is 2.77. The van der Waals surface area contributed by atoms with Crippen LogP contribution in [0.2, 0.25) is 0 Å². The lowest BCUT2D eigenvalue weighted by Crippen LogP contribution is -2.26. The van der Waals surface area contributed by atoms with Crippen molar-refractivity contribution < 1.29 is 19.1 Å². The third kappa shape index (κ3) is 2.13. The Labute approximate surface area is 103 Å². The summed E-state index contributed by atoms with van der Waals surface area (Å²) in [5.74, 6) is -2.90. The zero-order valence-corrected chi connectivity index (χ0v) is 9.60. The van der Waals surface area contributed by atoms with Gasteiger partial charge in [-0.25, -0.2) is 4.39 Å². The first-order chi connectivity index (χ1) is 8.50. The summed E-state index contributed by atoms with van der Waals surface area (Å²) in [6, 6.07) is 4.22. The molecular formula is C12H13FN2O3. The van der Waals surface area contributed by atoms with Gasteiger partial charge >= 0.3 is 5.97 Å². The van der Waals surface area contributed by atoms with Crippen LogP contribution in [0.15, 0.2) is 18.2 Å². The second-order valence-corrected chi connectivity index (χ2v) is 4.27. The van der Waals surface area contributed by atoms with Crippen LogP contribution >= 0.6 is 0 Å². The highest BCUT2D eigenvalue weighted by Crippen LogP contribution is 2.28. The number of benzene rings is 1. The maximum absolute atomic E-state index is 13.6. The smallest absolute Gasteiger partial charge is 0.308 e. The minimum atomic E-state index is -0.880. The molecule has 0 aromatic heterocycles. The van der Waals surface area contributed by atoms with Crippen molar-refractivity contribution in [2.24, 2.45) is 11.7 Å². The van der Waals surface area contributed by atoms with E-state index in [1.807, 2.05) is 0 Å². The third-order valence-corrected chi connectivity index (χ3v) is 3.12. The fourth-order valence-corrected chi connectivity index (χ4v) is 2.20. The highest BCUT2D eigenvalue weighted by Gasteiger charge is 2.30. The Balaban J connectivity index is 2.32. The topological polar surface area (TPSA) is 83.6 Å². The number of amides is 1. The van der Waals surface area contributed by atoms with Gasteiger partial charge in [-0.05, 0) is 18.6 Å². The van der Waals surface area contributed by atoms with E-state index in [9.17, 15) is 14.0 Å². The molecule has 1 aromatic carbocycles. The number of carbonyl (C=O) groups is 2. The number of hydrogen-bond donors (Lipinski definition) is 2. The van der Waals surface area contributed by atoms with Gasteiger partial charge in [0.1, 0.15) is 5.82 Å². The second kappa shape index (κ2) is 4.64. The van der Waals surface area contributed by atoms with Crippen molar-refractivity contribution in [1.29, 1.82) is 0 Å². The number of aliphatic carboxylic acids is 1. The van der Waals surface area contributed by atoms with Crippen LogP contribution in [0.3, 0.4) is 0 Å². The second-order valence-electron chi connectivity index (χ2n) is 4.27. The van der Waals surface area contributed by atoms with Crippen LogP contribution in [-0.4, -0.2) is 30.1 Å². The Hall–Kier alpha value is -2.11. The SMILES string of the molecule is NC(=O)c1c(F)cccc1N1CCC(C(=O)O)C1. The summed E-state index contributed by atoms with van der Waals surface area (Å²) in [6.45, 7) is 0.736. The third-order valence-electron chi connectivity index (χ3n) is 3.12. The normalized spacial score (nSPS) is 18.9. The van der Waals surface area contributed by atoms with Crippen molar-refractivity contribution in [3.8, 4) is 0 Å². The van der Waals surface area contributed by atoms with Crippen LogP contribution in [0.25, 0.3) is 0 Å². The van der Waals surface area contributed by atoms with E-state index < -0.39 is 23.6 Å². The lowest BCUT2D eigenvalue weighted by Gasteiger charge is -2.20. The predicted molar refractivity (Wildman–Crippen MR) is 62.9 cm³/mol. The van der Waals surface area contributed by atoms with E-state index in [0.717, 1.165) is 6.07 Å². The molecule has 1 heterocycles. The molecule has 1 aliphatic heterocycles. The van der Waals surface area contributed by atoms with E-state index in [2.05, 4.69) is 0 Å². The summed E-state index contributed by atoms with van der Waals surface area (Å²) in [7, 11) is 0. The average molecular weight is 252 g/mol. The number of nitrogens with two attached hydrogens (primary N) is 1. The summed E-state index contributed by atoms with van der Waals surface area (Å²) >= 11 is 0. The minimum absolute atomic E-state index is 0.177. The summed E-state index contributed by atoms with van der Waals surface area (Å²) < 4.78 is 13.6. The Kier molecular flexibility index (Phi) is 3.18. The molecule has 0 radical (unpaired) electrons. The summed E-state index contributed by atoms with van der Waals surface area (Å²) in [6.07, 6.45) is 0.476. The predicted octanol–water partition coefficient (Wildman–Crippen LogP) is 0.836. The van der Waals surface area contributed by atoms with Crippen molar-refractivity contribution in [2.45, 2.75) is 6.42 Å². The van der Waals surface area contributed by atoms with Gasteiger partial charge in [0.25, 0.3) is 5.91 Å². The number of nitrogens with zero attached hydrogens (tertiary/aromatic N) is 1. The molecule has 1 amide bonds. The van der Waals surface area contributed by atoms with E-state index in [1.54, 1.807) is 11.0 Å². The highest BCUT2D eigenvalue weighted by molar-refractivity contribution is 5.99. The van der Waals surface area contributed by atoms with Gasteiger partial charge in [-0.3, -0.25) is 9.59 Å². The maximum atomic E-state index is 13.6. The standard InChI is InChI=1S/C12H13FN2O3/c13-8-2-1-3-9(10(8)11(14)16)15-5-4-7(6-15)12(17)18/h1-3,7H,4-6H2,(H2,14,16)(H,17,18). The van der Waals surface area contributed by atoms with Gasteiger partial charge < -0.3 is 15.7 Å². The van der Waals surface area contributed by atoms with Gasteiger partial charge in [-0.2, -0.15) is 0 Å². The molecule has 96 valence electrons. The van der Waals surface area contributed by atoms with Gasteiger partial charge in [-0.15, -0.1) is 0 Å². The van der Waals surface area contributed by atoms with Crippen LogP contribution in [0.5, 0.6) is 0 Å². The summed E-state index contributed by atoms with van der Waals surface area (Å²) in [5, 5.41) is 8.92. The molecule has 1 fully saturated rings. The monoisotopic (exact) mass is 252 g/mol. The van der Waals surface area contributed by atoms with Crippen molar-refractivity contribution in [1.82, 2.24) is 0 Å². The van der Waals surface area contributed by atoms with Gasteiger partial charge in [0.15, 0.2) is 0 Å². The highest BCUT2D eigenvalue weighted by atomic mass is 19.1. The molecular weight excluding hydrogens is 239 g/mol. The zero-order valence-electron chi connectivity index (χ0n) is 9.60. The van der Waals surface area contributed by atoms with Gasteiger partial charge in [0.2, 0.25) is 0 Å². The van der Waals surface area contributed by atoms with Crippen LogP contribution in [0.1, 0.15) is 16.8 Å². The number of carbonyl (C=O) groups excluding carboxylic acids is 1. The molecule has 1 aliphatic rings. The number of rotatable bonds is 3. The van der Waals surface area contributed by atoms with Crippen LogP contribution < -0.4 is 10.6 Å². The van der Waals surface area contributed by atoms with Crippen molar-refractivity contribution in [3.05, 3.63) is 29.6 Å². The largest absolute Gasteiger partial charge is 0.481 e. The van der Waals surface area contributed by atoms with Gasteiger partial charge in [0, 0.05) is 13.1 Å². The van der Waals surface area contributed by atoms with Crippen molar-refractivity contribution >= 4 is 17.6 Å². The van der Waals surface area contributed by atoms with Gasteiger partial charge in [-0.1, -0.05) is 6.07 Å². The van der Waals surface area contributed by atoms with Crippen molar-refractivity contribution in [2.75, 3.05) is 18.0 Å². The number of anilines is 1. The molecule has 0 bridgehead atoms. The molecule has 1 unspecified atom stereocenters. The zero-order chi connectivity index (χ0) is 13.3.